The van der Waals surface area contributed by atoms with Crippen LogP contribution in [0.15, 0.2) is 48.5 Å². The lowest BCUT2D eigenvalue weighted by Gasteiger charge is -2.19. The van der Waals surface area contributed by atoms with Crippen molar-refractivity contribution in [3.05, 3.63) is 69.7 Å². The molecule has 0 aromatic heterocycles. The van der Waals surface area contributed by atoms with Crippen LogP contribution >= 0.6 is 23.2 Å². The molecule has 0 aliphatic carbocycles. The lowest BCUT2D eigenvalue weighted by molar-refractivity contribution is -0.104. The molecule has 0 spiro atoms. The highest BCUT2D eigenvalue weighted by Gasteiger charge is 2.43. The molecule has 2 aromatic carbocycles. The first-order valence-electron chi connectivity index (χ1n) is 7.33. The van der Waals surface area contributed by atoms with Gasteiger partial charge in [0, 0.05) is 28.2 Å². The number of ether oxygens (including phenoxy) is 2. The van der Waals surface area contributed by atoms with Gasteiger partial charge in [-0.15, -0.1) is 0 Å². The fourth-order valence-corrected chi connectivity index (χ4v) is 3.53. The molecule has 6 nitrogen and oxygen atoms in total. The van der Waals surface area contributed by atoms with Crippen LogP contribution in [0.2, 0.25) is 10.0 Å². The van der Waals surface area contributed by atoms with E-state index in [0.29, 0.717) is 21.2 Å². The van der Waals surface area contributed by atoms with E-state index in [0.717, 1.165) is 0 Å². The Hall–Kier alpha value is -1.19. The second-order valence-corrected chi connectivity index (χ2v) is 7.52. The molecule has 3 atom stereocenters. The highest BCUT2D eigenvalue weighted by molar-refractivity contribution is 7.84. The Kier molecular flexibility index (Phi) is 5.65. The van der Waals surface area contributed by atoms with E-state index in [9.17, 15) is 8.42 Å². The molecular formula is C16H15Cl2NO5S. The van der Waals surface area contributed by atoms with Crippen molar-refractivity contribution in [2.75, 3.05) is 7.05 Å². The predicted octanol–water partition coefficient (Wildman–Crippen LogP) is 3.59. The molecule has 9 heteroatoms. The van der Waals surface area contributed by atoms with Gasteiger partial charge >= 0.3 is 10.3 Å². The predicted molar refractivity (Wildman–Crippen MR) is 93.4 cm³/mol. The molecule has 1 N–H and O–H groups in total. The van der Waals surface area contributed by atoms with Crippen molar-refractivity contribution in [1.82, 2.24) is 4.72 Å². The second-order valence-electron chi connectivity index (χ2n) is 5.19. The van der Waals surface area contributed by atoms with Gasteiger partial charge in [-0.2, -0.15) is 13.1 Å². The number of nitrogens with one attached hydrogen (secondary N) is 1. The Morgan fingerprint density at radius 3 is 2.24 bits per heavy atom. The quantitative estimate of drug-likeness (QED) is 0.825. The van der Waals surface area contributed by atoms with E-state index < -0.39 is 29.0 Å². The molecule has 25 heavy (non-hydrogen) atoms. The van der Waals surface area contributed by atoms with Crippen LogP contribution in [0.4, 0.5) is 0 Å². The van der Waals surface area contributed by atoms with Gasteiger partial charge in [0.2, 0.25) is 6.29 Å². The average Bonchev–Trinajstić information content (AvgIpc) is 2.98. The third-order valence-electron chi connectivity index (χ3n) is 3.60. The van der Waals surface area contributed by atoms with Crippen molar-refractivity contribution in [3.8, 4) is 0 Å². The highest BCUT2D eigenvalue weighted by Crippen LogP contribution is 2.45. The summed E-state index contributed by atoms with van der Waals surface area (Å²) < 4.78 is 42.3. The maximum absolute atomic E-state index is 11.8. The summed E-state index contributed by atoms with van der Waals surface area (Å²) in [5.74, 6) is 0. The fraction of sp³-hybridized carbons (Fsp3) is 0.250. The van der Waals surface area contributed by atoms with Gasteiger partial charge in [0.05, 0.1) is 0 Å². The summed E-state index contributed by atoms with van der Waals surface area (Å²) in [6.45, 7) is 0. The molecule has 3 rings (SSSR count). The first-order chi connectivity index (χ1) is 11.9. The minimum Gasteiger partial charge on any atom is -0.335 e. The Bertz CT molecular complexity index is 827. The summed E-state index contributed by atoms with van der Waals surface area (Å²) in [5, 5.41) is 0.649. The van der Waals surface area contributed by atoms with Crippen LogP contribution in [0.25, 0.3) is 0 Å². The van der Waals surface area contributed by atoms with Crippen LogP contribution in [0.1, 0.15) is 23.5 Å². The summed E-state index contributed by atoms with van der Waals surface area (Å²) in [7, 11) is -2.78. The van der Waals surface area contributed by atoms with Gasteiger partial charge in [0.1, 0.15) is 6.10 Å². The largest absolute Gasteiger partial charge is 0.338 e. The maximum atomic E-state index is 11.8. The molecule has 0 amide bonds. The molecule has 0 saturated carbocycles. The van der Waals surface area contributed by atoms with Crippen molar-refractivity contribution in [2.45, 2.75) is 18.7 Å². The Labute approximate surface area is 155 Å². The second kappa shape index (κ2) is 7.59. The highest BCUT2D eigenvalue weighted by atomic mass is 35.5. The molecule has 134 valence electrons. The van der Waals surface area contributed by atoms with Crippen molar-refractivity contribution in [1.29, 1.82) is 0 Å². The lowest BCUT2D eigenvalue weighted by atomic mass is 10.1. The number of rotatable bonds is 5. The van der Waals surface area contributed by atoms with Crippen LogP contribution in [0, 0.1) is 0 Å². The van der Waals surface area contributed by atoms with Gasteiger partial charge in [0.25, 0.3) is 0 Å². The smallest absolute Gasteiger partial charge is 0.335 e. The minimum absolute atomic E-state index is 0.324. The monoisotopic (exact) mass is 403 g/mol. The molecule has 1 aliphatic rings. The minimum atomic E-state index is -4.02. The van der Waals surface area contributed by atoms with Gasteiger partial charge in [0.15, 0.2) is 6.29 Å². The van der Waals surface area contributed by atoms with E-state index in [4.69, 9.17) is 36.9 Å². The summed E-state index contributed by atoms with van der Waals surface area (Å²) >= 11 is 12.5. The summed E-state index contributed by atoms with van der Waals surface area (Å²) in [6, 6.07) is 14.0. The standard InChI is InChI=1S/C16H15Cl2NO5S/c1-19-25(20,21)24-16-14(13-11(17)8-5-9-12(13)18)22-15(23-16)10-6-3-2-4-7-10/h2-9,14-16,19H,1H3. The lowest BCUT2D eigenvalue weighted by Crippen LogP contribution is -2.30. The average molecular weight is 404 g/mol. The van der Waals surface area contributed by atoms with E-state index in [-0.39, 0.29) is 0 Å². The van der Waals surface area contributed by atoms with Gasteiger partial charge in [-0.25, -0.2) is 4.18 Å². The van der Waals surface area contributed by atoms with Crippen molar-refractivity contribution >= 4 is 33.5 Å². The third-order valence-corrected chi connectivity index (χ3v) is 5.20. The van der Waals surface area contributed by atoms with Crippen LogP contribution in [0.5, 0.6) is 0 Å². The molecule has 2 aromatic rings. The van der Waals surface area contributed by atoms with Crippen LogP contribution < -0.4 is 4.72 Å². The molecule has 0 radical (unpaired) electrons. The molecule has 1 saturated heterocycles. The zero-order valence-corrected chi connectivity index (χ0v) is 15.4. The molecule has 0 bridgehead atoms. The first kappa shape index (κ1) is 18.6. The fourth-order valence-electron chi connectivity index (χ4n) is 2.42. The van der Waals surface area contributed by atoms with E-state index in [1.807, 2.05) is 18.2 Å². The van der Waals surface area contributed by atoms with E-state index in [2.05, 4.69) is 4.72 Å². The topological polar surface area (TPSA) is 73.9 Å². The van der Waals surface area contributed by atoms with Crippen molar-refractivity contribution in [2.24, 2.45) is 0 Å². The van der Waals surface area contributed by atoms with E-state index in [1.165, 1.54) is 7.05 Å². The SMILES string of the molecule is CNS(=O)(=O)OC1OC(c2ccccc2)OC1c1c(Cl)cccc1Cl. The Morgan fingerprint density at radius 1 is 1.00 bits per heavy atom. The molecular weight excluding hydrogens is 389 g/mol. The van der Waals surface area contributed by atoms with Gasteiger partial charge in [-0.1, -0.05) is 59.6 Å². The zero-order valence-electron chi connectivity index (χ0n) is 13.1. The van der Waals surface area contributed by atoms with E-state index in [1.54, 1.807) is 30.3 Å². The van der Waals surface area contributed by atoms with Gasteiger partial charge in [-0.05, 0) is 12.1 Å². The van der Waals surface area contributed by atoms with Gasteiger partial charge in [-0.3, -0.25) is 0 Å². The number of hydrogen-bond donors (Lipinski definition) is 1. The zero-order chi connectivity index (χ0) is 18.0. The first-order valence-corrected chi connectivity index (χ1v) is 9.49. The molecule has 1 fully saturated rings. The summed E-state index contributed by atoms with van der Waals surface area (Å²) in [5.41, 5.74) is 1.11. The maximum Gasteiger partial charge on any atom is 0.338 e. The number of hydrogen-bond acceptors (Lipinski definition) is 5. The summed E-state index contributed by atoms with van der Waals surface area (Å²) in [4.78, 5) is 0. The number of benzene rings is 2. The van der Waals surface area contributed by atoms with Crippen LogP contribution in [0.3, 0.4) is 0 Å². The summed E-state index contributed by atoms with van der Waals surface area (Å²) in [6.07, 6.45) is -3.00. The van der Waals surface area contributed by atoms with Crippen LogP contribution in [-0.2, 0) is 24.0 Å². The molecule has 1 aliphatic heterocycles. The molecule has 1 heterocycles. The van der Waals surface area contributed by atoms with E-state index >= 15 is 0 Å². The van der Waals surface area contributed by atoms with Crippen molar-refractivity contribution < 1.29 is 22.1 Å². The van der Waals surface area contributed by atoms with Crippen LogP contribution in [-0.4, -0.2) is 21.8 Å². The normalized spacial score (nSPS) is 23.7. The molecule has 3 unspecified atom stereocenters. The Morgan fingerprint density at radius 2 is 1.64 bits per heavy atom. The van der Waals surface area contributed by atoms with Crippen molar-refractivity contribution in [3.63, 3.8) is 0 Å². The third kappa shape index (κ3) is 4.15. The number of halogens is 2. The van der Waals surface area contributed by atoms with Gasteiger partial charge < -0.3 is 9.47 Å². The Balaban J connectivity index is 1.97.